The Labute approximate surface area is 91.3 Å². The molecule has 0 radical (unpaired) electrons. The van der Waals surface area contributed by atoms with Gasteiger partial charge in [0, 0.05) is 31.4 Å². The Morgan fingerprint density at radius 1 is 1.60 bits per heavy atom. The lowest BCUT2D eigenvalue weighted by atomic mass is 10.2. The summed E-state index contributed by atoms with van der Waals surface area (Å²) in [7, 11) is 1.88. The van der Waals surface area contributed by atoms with E-state index >= 15 is 0 Å². The number of imidazole rings is 1. The van der Waals surface area contributed by atoms with Gasteiger partial charge in [-0.2, -0.15) is 0 Å². The highest BCUT2D eigenvalue weighted by Crippen LogP contribution is 2.04. The van der Waals surface area contributed by atoms with E-state index in [1.54, 1.807) is 0 Å². The lowest BCUT2D eigenvalue weighted by Crippen LogP contribution is -2.30. The van der Waals surface area contributed by atoms with E-state index in [4.69, 9.17) is 5.11 Å². The second-order valence-electron chi connectivity index (χ2n) is 3.74. The Balaban J connectivity index is 2.45. The zero-order valence-corrected chi connectivity index (χ0v) is 9.61. The average Bonchev–Trinajstić information content (AvgIpc) is 2.68. The Hall–Kier alpha value is -0.870. The first-order valence-corrected chi connectivity index (χ1v) is 5.60. The third-order valence-electron chi connectivity index (χ3n) is 2.62. The number of nitrogens with zero attached hydrogens (tertiary/aromatic N) is 2. The van der Waals surface area contributed by atoms with Crippen LogP contribution in [0.25, 0.3) is 0 Å². The minimum atomic E-state index is 0.182. The Morgan fingerprint density at radius 3 is 3.00 bits per heavy atom. The number of hydrogen-bond acceptors (Lipinski definition) is 3. The molecular weight excluding hydrogens is 190 g/mol. The molecule has 86 valence electrons. The van der Waals surface area contributed by atoms with Crippen molar-refractivity contribution in [2.75, 3.05) is 13.7 Å². The van der Waals surface area contributed by atoms with Gasteiger partial charge in [0.05, 0.1) is 6.61 Å². The molecular formula is C11H21N3O. The van der Waals surface area contributed by atoms with E-state index in [1.807, 2.05) is 19.4 Å². The molecule has 0 fully saturated rings. The minimum absolute atomic E-state index is 0.182. The number of aliphatic hydroxyl groups is 1. The normalized spacial score (nSPS) is 13.0. The largest absolute Gasteiger partial charge is 0.395 e. The smallest absolute Gasteiger partial charge is 0.108 e. The van der Waals surface area contributed by atoms with Crippen LogP contribution in [0.4, 0.5) is 0 Å². The van der Waals surface area contributed by atoms with Crippen molar-refractivity contribution < 1.29 is 5.11 Å². The maximum Gasteiger partial charge on any atom is 0.108 e. The summed E-state index contributed by atoms with van der Waals surface area (Å²) in [4.78, 5) is 4.32. The number of aliphatic hydroxyl groups excluding tert-OH is 1. The predicted molar refractivity (Wildman–Crippen MR) is 60.8 cm³/mol. The van der Waals surface area contributed by atoms with Crippen LogP contribution in [-0.2, 0) is 13.0 Å². The maximum absolute atomic E-state index is 9.04. The minimum Gasteiger partial charge on any atom is -0.395 e. The predicted octanol–water partition coefficient (Wildman–Crippen LogP) is 0.806. The zero-order chi connectivity index (χ0) is 11.1. The molecule has 1 atom stereocenters. The number of nitrogens with one attached hydrogen (secondary N) is 1. The average molecular weight is 211 g/mol. The third kappa shape index (κ3) is 3.64. The molecule has 1 heterocycles. The lowest BCUT2D eigenvalue weighted by Gasteiger charge is -2.14. The standard InChI is InChI=1S/C11H21N3O/c1-3-4-11-13-6-8-14(11)7-5-10(9-15)12-2/h6,8,10,12,15H,3-5,7,9H2,1-2H3. The van der Waals surface area contributed by atoms with Crippen molar-refractivity contribution in [2.24, 2.45) is 0 Å². The van der Waals surface area contributed by atoms with Gasteiger partial charge < -0.3 is 15.0 Å². The molecule has 0 aliphatic heterocycles. The maximum atomic E-state index is 9.04. The highest BCUT2D eigenvalue weighted by molar-refractivity contribution is 4.92. The second kappa shape index (κ2) is 6.58. The van der Waals surface area contributed by atoms with E-state index in [-0.39, 0.29) is 12.6 Å². The summed E-state index contributed by atoms with van der Waals surface area (Å²) in [5.41, 5.74) is 0. The molecule has 0 saturated heterocycles. The van der Waals surface area contributed by atoms with E-state index in [1.165, 1.54) is 0 Å². The molecule has 0 aromatic carbocycles. The third-order valence-corrected chi connectivity index (χ3v) is 2.62. The monoisotopic (exact) mass is 211 g/mol. The molecule has 4 nitrogen and oxygen atoms in total. The molecule has 15 heavy (non-hydrogen) atoms. The topological polar surface area (TPSA) is 50.1 Å². The van der Waals surface area contributed by atoms with E-state index in [9.17, 15) is 0 Å². The van der Waals surface area contributed by atoms with Gasteiger partial charge in [0.1, 0.15) is 5.82 Å². The Morgan fingerprint density at radius 2 is 2.40 bits per heavy atom. The summed E-state index contributed by atoms with van der Waals surface area (Å²) in [6.07, 6.45) is 6.93. The van der Waals surface area contributed by atoms with Crippen LogP contribution < -0.4 is 5.32 Å². The van der Waals surface area contributed by atoms with E-state index in [0.29, 0.717) is 0 Å². The molecule has 0 saturated carbocycles. The van der Waals surface area contributed by atoms with Crippen molar-refractivity contribution in [3.63, 3.8) is 0 Å². The quantitative estimate of drug-likeness (QED) is 0.701. The number of likely N-dealkylation sites (N-methyl/N-ethyl adjacent to an activating group) is 1. The molecule has 0 aliphatic carbocycles. The SMILES string of the molecule is CCCc1nccn1CCC(CO)NC. The summed E-state index contributed by atoms with van der Waals surface area (Å²) in [6, 6.07) is 0.182. The van der Waals surface area contributed by atoms with Crippen molar-refractivity contribution in [3.05, 3.63) is 18.2 Å². The molecule has 4 heteroatoms. The molecule has 0 bridgehead atoms. The van der Waals surface area contributed by atoms with Gasteiger partial charge in [-0.15, -0.1) is 0 Å². The summed E-state index contributed by atoms with van der Waals surface area (Å²) in [5.74, 6) is 1.14. The Kier molecular flexibility index (Phi) is 5.36. The fraction of sp³-hybridized carbons (Fsp3) is 0.727. The van der Waals surface area contributed by atoms with Gasteiger partial charge in [-0.05, 0) is 19.9 Å². The van der Waals surface area contributed by atoms with Crippen LogP contribution in [0.15, 0.2) is 12.4 Å². The molecule has 2 N–H and O–H groups in total. The molecule has 1 aromatic heterocycles. The van der Waals surface area contributed by atoms with Gasteiger partial charge in [0.2, 0.25) is 0 Å². The van der Waals surface area contributed by atoms with Gasteiger partial charge in [-0.1, -0.05) is 6.92 Å². The van der Waals surface area contributed by atoms with Crippen molar-refractivity contribution in [1.82, 2.24) is 14.9 Å². The van der Waals surface area contributed by atoms with E-state index < -0.39 is 0 Å². The van der Waals surface area contributed by atoms with Crippen LogP contribution in [0, 0.1) is 0 Å². The fourth-order valence-electron chi connectivity index (χ4n) is 1.62. The molecule has 1 rings (SSSR count). The lowest BCUT2D eigenvalue weighted by molar-refractivity contribution is 0.237. The number of hydrogen-bond donors (Lipinski definition) is 2. The van der Waals surface area contributed by atoms with E-state index in [2.05, 4.69) is 21.8 Å². The van der Waals surface area contributed by atoms with Crippen LogP contribution in [0.5, 0.6) is 0 Å². The summed E-state index contributed by atoms with van der Waals surface area (Å²) >= 11 is 0. The number of rotatable bonds is 7. The first kappa shape index (κ1) is 12.2. The van der Waals surface area contributed by atoms with Crippen LogP contribution in [0.2, 0.25) is 0 Å². The highest BCUT2D eigenvalue weighted by Gasteiger charge is 2.06. The number of aryl methyl sites for hydroxylation is 2. The first-order valence-electron chi connectivity index (χ1n) is 5.60. The molecule has 1 unspecified atom stereocenters. The van der Waals surface area contributed by atoms with Gasteiger partial charge in [-0.3, -0.25) is 0 Å². The van der Waals surface area contributed by atoms with Gasteiger partial charge in [-0.25, -0.2) is 4.98 Å². The van der Waals surface area contributed by atoms with Crippen molar-refractivity contribution in [3.8, 4) is 0 Å². The highest BCUT2D eigenvalue weighted by atomic mass is 16.3. The summed E-state index contributed by atoms with van der Waals surface area (Å²) in [6.45, 7) is 3.26. The van der Waals surface area contributed by atoms with Crippen molar-refractivity contribution in [2.45, 2.75) is 38.8 Å². The van der Waals surface area contributed by atoms with E-state index in [0.717, 1.165) is 31.6 Å². The summed E-state index contributed by atoms with van der Waals surface area (Å²) < 4.78 is 2.17. The van der Waals surface area contributed by atoms with Crippen LogP contribution >= 0.6 is 0 Å². The molecule has 0 spiro atoms. The number of aromatic nitrogens is 2. The van der Waals surface area contributed by atoms with Gasteiger partial charge >= 0.3 is 0 Å². The van der Waals surface area contributed by atoms with Gasteiger partial charge in [0.25, 0.3) is 0 Å². The molecule has 1 aromatic rings. The first-order chi connectivity index (χ1) is 7.31. The molecule has 0 amide bonds. The zero-order valence-electron chi connectivity index (χ0n) is 9.61. The fourth-order valence-corrected chi connectivity index (χ4v) is 1.62. The van der Waals surface area contributed by atoms with Gasteiger partial charge in [0.15, 0.2) is 0 Å². The van der Waals surface area contributed by atoms with Crippen molar-refractivity contribution in [1.29, 1.82) is 0 Å². The second-order valence-corrected chi connectivity index (χ2v) is 3.74. The van der Waals surface area contributed by atoms with Crippen molar-refractivity contribution >= 4 is 0 Å². The Bertz CT molecular complexity index is 269. The van der Waals surface area contributed by atoms with Crippen LogP contribution in [0.3, 0.4) is 0 Å². The van der Waals surface area contributed by atoms with Crippen LogP contribution in [0.1, 0.15) is 25.6 Å². The van der Waals surface area contributed by atoms with Crippen LogP contribution in [-0.4, -0.2) is 34.4 Å². The molecule has 0 aliphatic rings. The summed E-state index contributed by atoms with van der Waals surface area (Å²) in [5, 5.41) is 12.1.